The van der Waals surface area contributed by atoms with Crippen molar-refractivity contribution < 1.29 is 9.90 Å². The molecule has 1 aliphatic heterocycles. The zero-order chi connectivity index (χ0) is 22.9. The zero-order valence-electron chi connectivity index (χ0n) is 18.1. The third kappa shape index (κ3) is 3.73. The molecule has 0 spiro atoms. The van der Waals surface area contributed by atoms with Crippen LogP contribution in [-0.2, 0) is 0 Å². The van der Waals surface area contributed by atoms with Crippen molar-refractivity contribution in [3.05, 3.63) is 72.3 Å². The van der Waals surface area contributed by atoms with Gasteiger partial charge < -0.3 is 15.8 Å². The Morgan fingerprint density at radius 2 is 1.97 bits per heavy atom. The molecule has 0 bridgehead atoms. The lowest BCUT2D eigenvalue weighted by atomic mass is 10.0. The largest absolute Gasteiger partial charge is 0.394 e. The van der Waals surface area contributed by atoms with Gasteiger partial charge in [-0.3, -0.25) is 9.78 Å². The van der Waals surface area contributed by atoms with Gasteiger partial charge in [-0.15, -0.1) is 0 Å². The average Bonchev–Trinajstić information content (AvgIpc) is 3.47. The monoisotopic (exact) mass is 441 g/mol. The van der Waals surface area contributed by atoms with Gasteiger partial charge in [-0.2, -0.15) is 9.61 Å². The van der Waals surface area contributed by atoms with Crippen molar-refractivity contribution >= 4 is 22.8 Å². The number of nitrogens with zero attached hydrogens (tertiary/aromatic N) is 5. The fourth-order valence-corrected chi connectivity index (χ4v) is 3.99. The number of nitrogens with two attached hydrogens (primary N) is 1. The molecule has 3 aromatic heterocycles. The summed E-state index contributed by atoms with van der Waals surface area (Å²) in [5.74, 6) is 0.0495. The highest BCUT2D eigenvalue weighted by Crippen LogP contribution is 2.31. The number of Topliss-reactive ketones (excluding diaryl/α,β-unsaturated/α-hetero) is 1. The molecule has 33 heavy (non-hydrogen) atoms. The molecule has 0 amide bonds. The number of carbonyl (C=O) groups is 1. The van der Waals surface area contributed by atoms with E-state index >= 15 is 0 Å². The van der Waals surface area contributed by atoms with Crippen LogP contribution in [0, 0.1) is 0 Å². The fraction of sp³-hybridized carbons (Fsp3) is 0.167. The Kier molecular flexibility index (Phi) is 5.33. The third-order valence-electron chi connectivity index (χ3n) is 5.61. The van der Waals surface area contributed by atoms with Crippen molar-refractivity contribution in [2.24, 2.45) is 0 Å². The maximum absolute atomic E-state index is 12.5. The second-order valence-electron chi connectivity index (χ2n) is 7.77. The number of aromatic nitrogens is 4. The zero-order valence-corrected chi connectivity index (χ0v) is 18.1. The highest BCUT2D eigenvalue weighted by atomic mass is 16.3. The molecule has 0 saturated heterocycles. The molecule has 4 N–H and O–H groups in total. The van der Waals surface area contributed by atoms with E-state index in [-0.39, 0.29) is 18.2 Å². The number of nitrogens with one attached hydrogen (secondary N) is 1. The Morgan fingerprint density at radius 3 is 2.67 bits per heavy atom. The number of hydrazine groups is 1. The van der Waals surface area contributed by atoms with E-state index < -0.39 is 0 Å². The molecule has 0 aliphatic carbocycles. The molecule has 5 rings (SSSR count). The van der Waals surface area contributed by atoms with Crippen LogP contribution >= 0.6 is 0 Å². The summed E-state index contributed by atoms with van der Waals surface area (Å²) in [6.45, 7) is 2.37. The molecule has 0 fully saturated rings. The van der Waals surface area contributed by atoms with Gasteiger partial charge in [-0.05, 0) is 13.0 Å². The first kappa shape index (κ1) is 20.8. The van der Waals surface area contributed by atoms with Gasteiger partial charge in [0.1, 0.15) is 5.82 Å². The highest BCUT2D eigenvalue weighted by Gasteiger charge is 2.25. The summed E-state index contributed by atoms with van der Waals surface area (Å²) >= 11 is 0. The molecule has 166 valence electrons. The van der Waals surface area contributed by atoms with Gasteiger partial charge in [-0.25, -0.2) is 10.4 Å². The summed E-state index contributed by atoms with van der Waals surface area (Å²) in [5.41, 5.74) is 15.3. The van der Waals surface area contributed by atoms with Crippen molar-refractivity contribution in [3.8, 4) is 22.4 Å². The maximum Gasteiger partial charge on any atom is 0.165 e. The van der Waals surface area contributed by atoms with Crippen LogP contribution < -0.4 is 11.2 Å². The first-order valence-corrected chi connectivity index (χ1v) is 10.6. The number of pyridine rings is 1. The fourth-order valence-electron chi connectivity index (χ4n) is 3.99. The summed E-state index contributed by atoms with van der Waals surface area (Å²) in [6, 6.07) is 13.9. The molecule has 9 nitrogen and oxygen atoms in total. The lowest BCUT2D eigenvalue weighted by Crippen LogP contribution is -2.31. The first-order valence-electron chi connectivity index (χ1n) is 10.6. The Labute approximate surface area is 190 Å². The van der Waals surface area contributed by atoms with Crippen LogP contribution in [0.5, 0.6) is 0 Å². The van der Waals surface area contributed by atoms with Crippen LogP contribution in [0.2, 0.25) is 0 Å². The number of rotatable bonds is 6. The Morgan fingerprint density at radius 1 is 1.15 bits per heavy atom. The predicted octanol–water partition coefficient (Wildman–Crippen LogP) is 2.40. The first-order chi connectivity index (χ1) is 16.1. The third-order valence-corrected chi connectivity index (χ3v) is 5.61. The topological polar surface area (TPSA) is 122 Å². The van der Waals surface area contributed by atoms with Gasteiger partial charge in [0.05, 0.1) is 36.3 Å². The molecule has 0 saturated carbocycles. The van der Waals surface area contributed by atoms with Crippen LogP contribution in [0.4, 0.5) is 5.82 Å². The Balaban J connectivity index is 1.61. The van der Waals surface area contributed by atoms with Crippen LogP contribution in [0.1, 0.15) is 23.0 Å². The summed E-state index contributed by atoms with van der Waals surface area (Å²) in [5, 5.41) is 15.4. The molecular formula is C24H23N7O2. The molecule has 1 aliphatic rings. The van der Waals surface area contributed by atoms with Crippen molar-refractivity contribution in [3.63, 3.8) is 0 Å². The minimum absolute atomic E-state index is 0.00367. The number of fused-ring (bicyclic) bond motifs is 1. The van der Waals surface area contributed by atoms with E-state index in [9.17, 15) is 9.90 Å². The summed E-state index contributed by atoms with van der Waals surface area (Å²) < 4.78 is 1.50. The molecule has 9 heteroatoms. The number of nitrogen functional groups attached to an aromatic ring is 1. The second kappa shape index (κ2) is 8.45. The minimum atomic E-state index is -0.190. The number of hydrogen-bond donors (Lipinski definition) is 3. The van der Waals surface area contributed by atoms with E-state index in [0.29, 0.717) is 30.0 Å². The molecule has 0 unspecified atom stereocenters. The van der Waals surface area contributed by atoms with Crippen molar-refractivity contribution in [1.82, 2.24) is 30.0 Å². The van der Waals surface area contributed by atoms with Crippen molar-refractivity contribution in [1.29, 1.82) is 0 Å². The standard InChI is InChI=1S/C24H23N7O2/c1-15(33)21-22(18-12-27-30(14-18)9-10-32)29-24-19(13-28-31(24)23(21)25)17-7-8-20(26-11-17)16-5-3-2-4-6-16/h2-8,11,13-14,27,32H,9-10,12,25H2,1H3. The number of hydrogen-bond acceptors (Lipinski definition) is 8. The summed E-state index contributed by atoms with van der Waals surface area (Å²) in [6.07, 6.45) is 5.31. The summed E-state index contributed by atoms with van der Waals surface area (Å²) in [7, 11) is 0. The van der Waals surface area contributed by atoms with Gasteiger partial charge >= 0.3 is 0 Å². The second-order valence-corrected chi connectivity index (χ2v) is 7.77. The average molecular weight is 441 g/mol. The van der Waals surface area contributed by atoms with E-state index in [2.05, 4.69) is 15.5 Å². The number of ketones is 1. The van der Waals surface area contributed by atoms with Gasteiger partial charge in [0.15, 0.2) is 11.4 Å². The molecule has 0 radical (unpaired) electrons. The molecule has 4 aromatic rings. The Hall–Kier alpha value is -4.08. The summed E-state index contributed by atoms with van der Waals surface area (Å²) in [4.78, 5) is 21.9. The molecular weight excluding hydrogens is 418 g/mol. The van der Waals surface area contributed by atoms with E-state index in [0.717, 1.165) is 28.0 Å². The number of aliphatic hydroxyl groups excluding tert-OH is 1. The van der Waals surface area contributed by atoms with E-state index in [1.807, 2.05) is 48.7 Å². The number of aliphatic hydroxyl groups is 1. The highest BCUT2D eigenvalue weighted by molar-refractivity contribution is 6.03. The Bertz CT molecular complexity index is 1360. The van der Waals surface area contributed by atoms with Gasteiger partial charge in [0.25, 0.3) is 0 Å². The smallest absolute Gasteiger partial charge is 0.165 e. The molecule has 1 aromatic carbocycles. The molecule has 4 heterocycles. The number of carbonyl (C=O) groups excluding carboxylic acids is 1. The lowest BCUT2D eigenvalue weighted by molar-refractivity contribution is 0.101. The van der Waals surface area contributed by atoms with Crippen LogP contribution in [0.3, 0.4) is 0 Å². The van der Waals surface area contributed by atoms with E-state index in [4.69, 9.17) is 10.7 Å². The number of benzene rings is 1. The number of β-amino-alcohol motifs (C(OH)–C–C–N with tert-alkyl or cyclic N) is 1. The van der Waals surface area contributed by atoms with Crippen molar-refractivity contribution in [2.45, 2.75) is 6.92 Å². The van der Waals surface area contributed by atoms with Gasteiger partial charge in [-0.1, -0.05) is 36.4 Å². The van der Waals surface area contributed by atoms with Gasteiger partial charge in [0, 0.05) is 41.2 Å². The van der Waals surface area contributed by atoms with Crippen LogP contribution in [0.25, 0.3) is 33.6 Å². The normalized spacial score (nSPS) is 13.5. The minimum Gasteiger partial charge on any atom is -0.394 e. The maximum atomic E-state index is 12.5. The lowest BCUT2D eigenvalue weighted by Gasteiger charge is -2.12. The van der Waals surface area contributed by atoms with Crippen LogP contribution in [-0.4, -0.2) is 55.2 Å². The SMILES string of the molecule is CC(=O)c1c(C2=CN(CCO)NC2)nc2c(-c3ccc(-c4ccccc4)nc3)cnn2c1N. The van der Waals surface area contributed by atoms with E-state index in [1.165, 1.54) is 11.4 Å². The van der Waals surface area contributed by atoms with Gasteiger partial charge in [0.2, 0.25) is 0 Å². The molecule has 0 atom stereocenters. The van der Waals surface area contributed by atoms with E-state index in [1.54, 1.807) is 17.4 Å². The quantitative estimate of drug-likeness (QED) is 0.390. The number of anilines is 1. The van der Waals surface area contributed by atoms with Crippen molar-refractivity contribution in [2.75, 3.05) is 25.4 Å². The van der Waals surface area contributed by atoms with Crippen LogP contribution in [0.15, 0.2) is 61.1 Å². The predicted molar refractivity (Wildman–Crippen MR) is 126 cm³/mol.